The molecule has 6 rings (SSSR count). The lowest BCUT2D eigenvalue weighted by Crippen LogP contribution is -2.36. The molecule has 1 aliphatic carbocycles. The first-order valence-corrected chi connectivity index (χ1v) is 15.9. The summed E-state index contributed by atoms with van der Waals surface area (Å²) in [5, 5.41) is 18.2. The molecule has 0 spiro atoms. The lowest BCUT2D eigenvalue weighted by Gasteiger charge is -2.15. The second kappa shape index (κ2) is 14.2. The lowest BCUT2D eigenvalue weighted by molar-refractivity contribution is 0.248. The number of fused-ring (bicyclic) bond motifs is 1. The Kier molecular flexibility index (Phi) is 9.43. The molecule has 4 amide bonds. The molecule has 2 aromatic heterocycles. The number of unbranched alkanes of at least 4 members (excludes halogenated alkanes) is 1. The Morgan fingerprint density at radius 2 is 1.67 bits per heavy atom. The standard InChI is InChI=1S/C36H39N7O3/c1-3-4-9-26-22-34(43(42-26)27-16-14-24(2)15-17-27)41-36(45)39-31-18-19-32(30-13-8-7-12-29(30)31)46-28-20-21-37-33(23-28)40-35(44)38-25-10-5-6-11-25/h7-8,12-23,25H,3-6,9-11H2,1-2H3,(H2,39,41,45)(H2,37,38,40,44). The second-order valence-electron chi connectivity index (χ2n) is 11.7. The predicted octanol–water partition coefficient (Wildman–Crippen LogP) is 8.57. The molecule has 2 heterocycles. The fraction of sp³-hybridized carbons (Fsp3) is 0.278. The summed E-state index contributed by atoms with van der Waals surface area (Å²) in [4.78, 5) is 30.1. The Bertz CT molecular complexity index is 1830. The van der Waals surface area contributed by atoms with E-state index in [1.54, 1.807) is 23.0 Å². The quantitative estimate of drug-likeness (QED) is 0.125. The molecule has 0 aliphatic heterocycles. The van der Waals surface area contributed by atoms with Crippen LogP contribution in [0, 0.1) is 6.92 Å². The molecule has 0 saturated heterocycles. The minimum atomic E-state index is -0.380. The zero-order chi connectivity index (χ0) is 31.9. The number of benzene rings is 3. The average molecular weight is 618 g/mol. The summed E-state index contributed by atoms with van der Waals surface area (Å²) < 4.78 is 8.03. The number of aromatic nitrogens is 3. The van der Waals surface area contributed by atoms with Gasteiger partial charge in [0.15, 0.2) is 0 Å². The van der Waals surface area contributed by atoms with Crippen molar-refractivity contribution in [3.8, 4) is 17.2 Å². The summed E-state index contributed by atoms with van der Waals surface area (Å²) in [6.45, 7) is 4.19. The SMILES string of the molecule is CCCCc1cc(NC(=O)Nc2ccc(Oc3ccnc(NC(=O)NC4CCCC4)c3)c3ccccc23)n(-c2ccc(C)cc2)n1. The van der Waals surface area contributed by atoms with Gasteiger partial charge in [0, 0.05) is 35.1 Å². The van der Waals surface area contributed by atoms with Crippen LogP contribution in [0.4, 0.5) is 26.9 Å². The van der Waals surface area contributed by atoms with Crippen LogP contribution in [0.25, 0.3) is 16.5 Å². The van der Waals surface area contributed by atoms with Crippen LogP contribution in [0.3, 0.4) is 0 Å². The number of carbonyl (C=O) groups excluding carboxylic acids is 2. The Hall–Kier alpha value is -5.38. The van der Waals surface area contributed by atoms with Crippen molar-refractivity contribution in [2.45, 2.75) is 64.8 Å². The average Bonchev–Trinajstić information content (AvgIpc) is 3.71. The van der Waals surface area contributed by atoms with Gasteiger partial charge in [0.2, 0.25) is 0 Å². The van der Waals surface area contributed by atoms with Gasteiger partial charge in [-0.3, -0.25) is 10.6 Å². The van der Waals surface area contributed by atoms with Crippen LogP contribution in [-0.2, 0) is 6.42 Å². The summed E-state index contributed by atoms with van der Waals surface area (Å²) in [6, 6.07) is 24.3. The van der Waals surface area contributed by atoms with Gasteiger partial charge in [0.25, 0.3) is 0 Å². The number of ether oxygens (including phenoxy) is 1. The van der Waals surface area contributed by atoms with E-state index in [4.69, 9.17) is 9.84 Å². The molecule has 3 aromatic carbocycles. The number of urea groups is 2. The molecular weight excluding hydrogens is 578 g/mol. The first-order chi connectivity index (χ1) is 22.4. The number of nitrogens with zero attached hydrogens (tertiary/aromatic N) is 3. The fourth-order valence-electron chi connectivity index (χ4n) is 5.70. The number of anilines is 3. The second-order valence-corrected chi connectivity index (χ2v) is 11.7. The van der Waals surface area contributed by atoms with Crippen molar-refractivity contribution in [2.75, 3.05) is 16.0 Å². The highest BCUT2D eigenvalue weighted by Gasteiger charge is 2.18. The van der Waals surface area contributed by atoms with E-state index in [0.717, 1.165) is 72.7 Å². The highest BCUT2D eigenvalue weighted by molar-refractivity contribution is 6.07. The highest BCUT2D eigenvalue weighted by Crippen LogP contribution is 2.35. The summed E-state index contributed by atoms with van der Waals surface area (Å²) in [5.74, 6) is 2.12. The van der Waals surface area contributed by atoms with E-state index in [1.807, 2.05) is 73.7 Å². The highest BCUT2D eigenvalue weighted by atomic mass is 16.5. The fourth-order valence-corrected chi connectivity index (χ4v) is 5.70. The zero-order valence-electron chi connectivity index (χ0n) is 26.2. The number of nitrogens with one attached hydrogen (secondary N) is 4. The van der Waals surface area contributed by atoms with Crippen molar-refractivity contribution in [1.82, 2.24) is 20.1 Å². The molecule has 0 unspecified atom stereocenters. The molecule has 4 N–H and O–H groups in total. The van der Waals surface area contributed by atoms with Gasteiger partial charge in [0.05, 0.1) is 17.1 Å². The van der Waals surface area contributed by atoms with Gasteiger partial charge in [-0.1, -0.05) is 68.1 Å². The molecule has 0 atom stereocenters. The topological polar surface area (TPSA) is 122 Å². The first-order valence-electron chi connectivity index (χ1n) is 15.9. The maximum atomic E-state index is 13.4. The van der Waals surface area contributed by atoms with Crippen molar-refractivity contribution in [2.24, 2.45) is 0 Å². The van der Waals surface area contributed by atoms with Crippen molar-refractivity contribution in [3.05, 3.63) is 96.3 Å². The maximum Gasteiger partial charge on any atom is 0.324 e. The van der Waals surface area contributed by atoms with Gasteiger partial charge >= 0.3 is 12.1 Å². The van der Waals surface area contributed by atoms with Gasteiger partial charge in [-0.25, -0.2) is 19.3 Å². The molecule has 5 aromatic rings. The minimum absolute atomic E-state index is 0.207. The van der Waals surface area contributed by atoms with E-state index in [2.05, 4.69) is 33.2 Å². The van der Waals surface area contributed by atoms with Crippen LogP contribution in [0.2, 0.25) is 0 Å². The van der Waals surface area contributed by atoms with E-state index in [0.29, 0.717) is 28.8 Å². The number of carbonyl (C=O) groups is 2. The van der Waals surface area contributed by atoms with Crippen LogP contribution < -0.4 is 26.0 Å². The Labute approximate surface area is 268 Å². The molecule has 1 fully saturated rings. The molecule has 0 radical (unpaired) electrons. The lowest BCUT2D eigenvalue weighted by atomic mass is 10.1. The minimum Gasteiger partial charge on any atom is -0.457 e. The van der Waals surface area contributed by atoms with Crippen molar-refractivity contribution < 1.29 is 14.3 Å². The smallest absolute Gasteiger partial charge is 0.324 e. The van der Waals surface area contributed by atoms with Gasteiger partial charge < -0.3 is 15.4 Å². The molecule has 10 nitrogen and oxygen atoms in total. The van der Waals surface area contributed by atoms with Crippen molar-refractivity contribution in [1.29, 1.82) is 0 Å². The number of hydrogen-bond acceptors (Lipinski definition) is 5. The van der Waals surface area contributed by atoms with Gasteiger partial charge in [-0.15, -0.1) is 0 Å². The molecule has 46 heavy (non-hydrogen) atoms. The summed E-state index contributed by atoms with van der Waals surface area (Å²) in [5.41, 5.74) is 3.58. The predicted molar refractivity (Wildman–Crippen MR) is 182 cm³/mol. The maximum absolute atomic E-state index is 13.4. The van der Waals surface area contributed by atoms with Crippen molar-refractivity contribution >= 4 is 40.2 Å². The first kappa shape index (κ1) is 30.6. The number of hydrogen-bond donors (Lipinski definition) is 4. The van der Waals surface area contributed by atoms with E-state index in [1.165, 1.54) is 0 Å². The monoisotopic (exact) mass is 617 g/mol. The molecule has 1 saturated carbocycles. The number of aryl methyl sites for hydroxylation is 2. The van der Waals surface area contributed by atoms with Crippen LogP contribution in [0.15, 0.2) is 85.1 Å². The molecule has 10 heteroatoms. The zero-order valence-corrected chi connectivity index (χ0v) is 26.2. The molecule has 0 bridgehead atoms. The van der Waals surface area contributed by atoms with E-state index < -0.39 is 0 Å². The third kappa shape index (κ3) is 7.46. The number of rotatable bonds is 10. The number of pyridine rings is 1. The third-order valence-corrected chi connectivity index (χ3v) is 8.09. The van der Waals surface area contributed by atoms with Gasteiger partial charge in [-0.2, -0.15) is 5.10 Å². The van der Waals surface area contributed by atoms with E-state index >= 15 is 0 Å². The Balaban J connectivity index is 1.18. The summed E-state index contributed by atoms with van der Waals surface area (Å²) >= 11 is 0. The van der Waals surface area contributed by atoms with Crippen molar-refractivity contribution in [3.63, 3.8) is 0 Å². The summed E-state index contributed by atoms with van der Waals surface area (Å²) in [7, 11) is 0. The number of amides is 4. The molecule has 236 valence electrons. The normalized spacial score (nSPS) is 13.0. The van der Waals surface area contributed by atoms with Crippen LogP contribution in [-0.4, -0.2) is 32.9 Å². The molecule has 1 aliphatic rings. The third-order valence-electron chi connectivity index (χ3n) is 8.09. The van der Waals surface area contributed by atoms with Gasteiger partial charge in [-0.05, 0) is 62.9 Å². The van der Waals surface area contributed by atoms with E-state index in [9.17, 15) is 9.59 Å². The Morgan fingerprint density at radius 3 is 2.46 bits per heavy atom. The van der Waals surface area contributed by atoms with E-state index in [-0.39, 0.29) is 18.1 Å². The summed E-state index contributed by atoms with van der Waals surface area (Å²) in [6.07, 6.45) is 8.79. The largest absolute Gasteiger partial charge is 0.457 e. The van der Waals surface area contributed by atoms with Crippen LogP contribution in [0.1, 0.15) is 56.7 Å². The molecular formula is C36H39N7O3. The van der Waals surface area contributed by atoms with Crippen LogP contribution in [0.5, 0.6) is 11.5 Å². The van der Waals surface area contributed by atoms with Gasteiger partial charge in [0.1, 0.15) is 23.1 Å². The van der Waals surface area contributed by atoms with Crippen LogP contribution >= 0.6 is 0 Å². The Morgan fingerprint density at radius 1 is 0.891 bits per heavy atom.